The molecule has 0 N–H and O–H groups in total. The van der Waals surface area contributed by atoms with Gasteiger partial charge in [-0.05, 0) is 19.8 Å². The predicted molar refractivity (Wildman–Crippen MR) is 56.8 cm³/mol. The summed E-state index contributed by atoms with van der Waals surface area (Å²) in [5.41, 5.74) is 0.811. The van der Waals surface area contributed by atoms with Crippen LogP contribution in [0.4, 0.5) is 0 Å². The van der Waals surface area contributed by atoms with Gasteiger partial charge in [-0.15, -0.1) is 0 Å². The average Bonchev–Trinajstić information content (AvgIpc) is 2.63. The standard InChI is InChI=1S/C12H17NO2/c1-9-11(7-8-14)13-12(15-9)10-5-3-2-4-6-10/h8,10H,2-7H2,1H3. The van der Waals surface area contributed by atoms with Gasteiger partial charge in [0.05, 0.1) is 5.69 Å². The molecule has 0 aromatic carbocycles. The van der Waals surface area contributed by atoms with Crippen molar-refractivity contribution in [3.63, 3.8) is 0 Å². The van der Waals surface area contributed by atoms with Crippen molar-refractivity contribution < 1.29 is 9.21 Å². The lowest BCUT2D eigenvalue weighted by molar-refractivity contribution is -0.107. The molecule has 1 aromatic rings. The van der Waals surface area contributed by atoms with E-state index in [4.69, 9.17) is 4.42 Å². The van der Waals surface area contributed by atoms with Crippen molar-refractivity contribution in [1.82, 2.24) is 4.98 Å². The molecule has 1 aromatic heterocycles. The smallest absolute Gasteiger partial charge is 0.197 e. The maximum atomic E-state index is 10.4. The third-order valence-electron chi connectivity index (χ3n) is 3.14. The summed E-state index contributed by atoms with van der Waals surface area (Å²) in [5, 5.41) is 0. The maximum absolute atomic E-state index is 10.4. The van der Waals surface area contributed by atoms with E-state index < -0.39 is 0 Å². The highest BCUT2D eigenvalue weighted by Crippen LogP contribution is 2.32. The van der Waals surface area contributed by atoms with E-state index in [-0.39, 0.29) is 0 Å². The first kappa shape index (κ1) is 10.4. The van der Waals surface area contributed by atoms with E-state index in [9.17, 15) is 4.79 Å². The molecule has 0 unspecified atom stereocenters. The summed E-state index contributed by atoms with van der Waals surface area (Å²) < 4.78 is 5.64. The number of aldehydes is 1. The number of carbonyl (C=O) groups excluding carboxylic acids is 1. The second kappa shape index (κ2) is 4.60. The molecule has 2 rings (SSSR count). The fourth-order valence-electron chi connectivity index (χ4n) is 2.24. The minimum atomic E-state index is 0.377. The molecular weight excluding hydrogens is 190 g/mol. The van der Waals surface area contributed by atoms with Crippen molar-refractivity contribution in [2.24, 2.45) is 0 Å². The Balaban J connectivity index is 2.13. The molecule has 3 nitrogen and oxygen atoms in total. The summed E-state index contributed by atoms with van der Waals surface area (Å²) in [6, 6.07) is 0. The van der Waals surface area contributed by atoms with Crippen LogP contribution in [0.5, 0.6) is 0 Å². The lowest BCUT2D eigenvalue weighted by Crippen LogP contribution is -2.04. The molecule has 0 radical (unpaired) electrons. The van der Waals surface area contributed by atoms with Crippen LogP contribution in [-0.4, -0.2) is 11.3 Å². The van der Waals surface area contributed by atoms with Gasteiger partial charge in [0.15, 0.2) is 5.89 Å². The molecule has 3 heteroatoms. The summed E-state index contributed by atoms with van der Waals surface area (Å²) in [7, 11) is 0. The highest BCUT2D eigenvalue weighted by molar-refractivity contribution is 5.54. The second-order valence-corrected chi connectivity index (χ2v) is 4.26. The molecular formula is C12H17NO2. The molecule has 15 heavy (non-hydrogen) atoms. The van der Waals surface area contributed by atoms with Gasteiger partial charge in [0.2, 0.25) is 0 Å². The van der Waals surface area contributed by atoms with Crippen LogP contribution < -0.4 is 0 Å². The first-order valence-electron chi connectivity index (χ1n) is 5.71. The Morgan fingerprint density at radius 2 is 2.13 bits per heavy atom. The Bertz CT molecular complexity index is 337. The number of aromatic nitrogens is 1. The minimum Gasteiger partial charge on any atom is -0.445 e. The van der Waals surface area contributed by atoms with Gasteiger partial charge in [-0.2, -0.15) is 0 Å². The average molecular weight is 207 g/mol. The van der Waals surface area contributed by atoms with Crippen molar-refractivity contribution in [1.29, 1.82) is 0 Å². The normalized spacial score (nSPS) is 17.9. The topological polar surface area (TPSA) is 43.1 Å². The van der Waals surface area contributed by atoms with Gasteiger partial charge in [-0.3, -0.25) is 0 Å². The van der Waals surface area contributed by atoms with Gasteiger partial charge in [0.1, 0.15) is 12.0 Å². The Morgan fingerprint density at radius 3 is 2.80 bits per heavy atom. The van der Waals surface area contributed by atoms with E-state index in [0.717, 1.165) is 23.6 Å². The molecule has 0 saturated heterocycles. The highest BCUT2D eigenvalue weighted by Gasteiger charge is 2.21. The molecule has 1 heterocycles. The van der Waals surface area contributed by atoms with Gasteiger partial charge in [-0.25, -0.2) is 4.98 Å². The third kappa shape index (κ3) is 2.28. The lowest BCUT2D eigenvalue weighted by Gasteiger charge is -2.17. The summed E-state index contributed by atoms with van der Waals surface area (Å²) in [4.78, 5) is 14.9. The first-order chi connectivity index (χ1) is 7.31. The number of carbonyl (C=O) groups is 1. The van der Waals surface area contributed by atoms with E-state index >= 15 is 0 Å². The Kier molecular flexibility index (Phi) is 3.19. The molecule has 1 saturated carbocycles. The van der Waals surface area contributed by atoms with E-state index in [1.165, 1.54) is 32.1 Å². The summed E-state index contributed by atoms with van der Waals surface area (Å²) >= 11 is 0. The number of hydrogen-bond donors (Lipinski definition) is 0. The van der Waals surface area contributed by atoms with Crippen molar-refractivity contribution in [3.05, 3.63) is 17.3 Å². The molecule has 0 bridgehead atoms. The van der Waals surface area contributed by atoms with E-state index in [2.05, 4.69) is 4.98 Å². The SMILES string of the molecule is Cc1oc(C2CCCCC2)nc1CC=O. The molecule has 1 fully saturated rings. The molecule has 0 amide bonds. The lowest BCUT2D eigenvalue weighted by atomic mass is 9.89. The zero-order chi connectivity index (χ0) is 10.7. The van der Waals surface area contributed by atoms with Crippen molar-refractivity contribution in [3.8, 4) is 0 Å². The van der Waals surface area contributed by atoms with Gasteiger partial charge >= 0.3 is 0 Å². The maximum Gasteiger partial charge on any atom is 0.197 e. The Labute approximate surface area is 89.9 Å². The second-order valence-electron chi connectivity index (χ2n) is 4.26. The van der Waals surface area contributed by atoms with Crippen LogP contribution >= 0.6 is 0 Å². The summed E-state index contributed by atoms with van der Waals surface area (Å²) in [6.45, 7) is 1.89. The monoisotopic (exact) mass is 207 g/mol. The van der Waals surface area contributed by atoms with Gasteiger partial charge in [-0.1, -0.05) is 19.3 Å². The number of nitrogens with zero attached hydrogens (tertiary/aromatic N) is 1. The first-order valence-corrected chi connectivity index (χ1v) is 5.71. The summed E-state index contributed by atoms with van der Waals surface area (Å²) in [6.07, 6.45) is 7.50. The highest BCUT2D eigenvalue weighted by atomic mass is 16.4. The van der Waals surface area contributed by atoms with Crippen molar-refractivity contribution >= 4 is 6.29 Å². The molecule has 0 aliphatic heterocycles. The van der Waals surface area contributed by atoms with E-state index in [1.807, 2.05) is 6.92 Å². The molecule has 0 spiro atoms. The summed E-state index contributed by atoms with van der Waals surface area (Å²) in [5.74, 6) is 2.14. The van der Waals surface area contributed by atoms with Crippen LogP contribution in [0.15, 0.2) is 4.42 Å². The third-order valence-corrected chi connectivity index (χ3v) is 3.14. The number of oxazole rings is 1. The fraction of sp³-hybridized carbons (Fsp3) is 0.667. The fourth-order valence-corrected chi connectivity index (χ4v) is 2.24. The van der Waals surface area contributed by atoms with Crippen LogP contribution in [-0.2, 0) is 11.2 Å². The van der Waals surface area contributed by atoms with Gasteiger partial charge in [0, 0.05) is 12.3 Å². The Morgan fingerprint density at radius 1 is 1.40 bits per heavy atom. The quantitative estimate of drug-likeness (QED) is 0.716. The molecule has 1 aliphatic rings. The number of hydrogen-bond acceptors (Lipinski definition) is 3. The molecule has 0 atom stereocenters. The van der Waals surface area contributed by atoms with E-state index in [0.29, 0.717) is 12.3 Å². The zero-order valence-corrected chi connectivity index (χ0v) is 9.16. The largest absolute Gasteiger partial charge is 0.445 e. The zero-order valence-electron chi connectivity index (χ0n) is 9.16. The van der Waals surface area contributed by atoms with Gasteiger partial charge in [0.25, 0.3) is 0 Å². The number of aryl methyl sites for hydroxylation is 1. The van der Waals surface area contributed by atoms with Gasteiger partial charge < -0.3 is 9.21 Å². The Hall–Kier alpha value is -1.12. The molecule has 82 valence electrons. The molecule has 1 aliphatic carbocycles. The minimum absolute atomic E-state index is 0.377. The van der Waals surface area contributed by atoms with Crippen LogP contribution in [0.3, 0.4) is 0 Å². The van der Waals surface area contributed by atoms with E-state index in [1.54, 1.807) is 0 Å². The van der Waals surface area contributed by atoms with Crippen LogP contribution in [0.1, 0.15) is 55.4 Å². The van der Waals surface area contributed by atoms with Crippen molar-refractivity contribution in [2.75, 3.05) is 0 Å². The van der Waals surface area contributed by atoms with Crippen molar-refractivity contribution in [2.45, 2.75) is 51.4 Å². The predicted octanol–water partition coefficient (Wildman–Crippen LogP) is 2.77. The number of rotatable bonds is 3. The van der Waals surface area contributed by atoms with Crippen LogP contribution in [0.25, 0.3) is 0 Å². The van der Waals surface area contributed by atoms with Crippen LogP contribution in [0.2, 0.25) is 0 Å². The van der Waals surface area contributed by atoms with Crippen LogP contribution in [0, 0.1) is 6.92 Å².